The molecular formula is C25H33N3O4. The molecule has 2 amide bonds. The van der Waals surface area contributed by atoms with Gasteiger partial charge in [0, 0.05) is 39.2 Å². The average molecular weight is 440 g/mol. The zero-order chi connectivity index (χ0) is 23.7. The van der Waals surface area contributed by atoms with E-state index < -0.39 is 17.4 Å². The highest BCUT2D eigenvalue weighted by molar-refractivity contribution is 5.88. The number of benzene rings is 2. The molecule has 1 atom stereocenters. The van der Waals surface area contributed by atoms with Gasteiger partial charge in [0.15, 0.2) is 0 Å². The van der Waals surface area contributed by atoms with Gasteiger partial charge in [-0.2, -0.15) is 0 Å². The second kappa shape index (κ2) is 11.3. The van der Waals surface area contributed by atoms with E-state index in [1.807, 2.05) is 73.6 Å². The molecule has 0 bridgehead atoms. The Morgan fingerprint density at radius 3 is 2.12 bits per heavy atom. The van der Waals surface area contributed by atoms with Crippen molar-refractivity contribution < 1.29 is 19.5 Å². The predicted octanol–water partition coefficient (Wildman–Crippen LogP) is 2.99. The van der Waals surface area contributed by atoms with Crippen molar-refractivity contribution in [3.8, 4) is 0 Å². The van der Waals surface area contributed by atoms with Gasteiger partial charge in [-0.05, 0) is 28.7 Å². The lowest BCUT2D eigenvalue weighted by molar-refractivity contribution is -0.140. The standard InChI is InChI=1S/C25H33N3O4/c1-25(2,16-23(30)31)15-22(29)27-21(14-18-8-6-5-7-9-18)24(32)26-17-19-10-12-20(13-11-19)28(3)4/h5-13,21H,14-17H2,1-4H3,(H,26,32)(H,27,29)(H,30,31). The Bertz CT molecular complexity index is 909. The first-order valence-electron chi connectivity index (χ1n) is 10.6. The van der Waals surface area contributed by atoms with E-state index in [4.69, 9.17) is 5.11 Å². The lowest BCUT2D eigenvalue weighted by Gasteiger charge is -2.24. The summed E-state index contributed by atoms with van der Waals surface area (Å²) in [6, 6.07) is 16.6. The molecule has 0 saturated heterocycles. The van der Waals surface area contributed by atoms with Gasteiger partial charge in [-0.25, -0.2) is 0 Å². The second-order valence-electron chi connectivity index (χ2n) is 9.00. The van der Waals surface area contributed by atoms with Crippen LogP contribution in [0.3, 0.4) is 0 Å². The van der Waals surface area contributed by atoms with Crippen LogP contribution >= 0.6 is 0 Å². The minimum Gasteiger partial charge on any atom is -0.481 e. The molecule has 7 nitrogen and oxygen atoms in total. The highest BCUT2D eigenvalue weighted by atomic mass is 16.4. The minimum absolute atomic E-state index is 0.0177. The Kier molecular flexibility index (Phi) is 8.81. The number of carboxylic acids is 1. The average Bonchev–Trinajstić information content (AvgIpc) is 2.71. The summed E-state index contributed by atoms with van der Waals surface area (Å²) in [4.78, 5) is 38.6. The molecule has 32 heavy (non-hydrogen) atoms. The van der Waals surface area contributed by atoms with Gasteiger partial charge in [0.2, 0.25) is 11.8 Å². The Labute approximate surface area is 189 Å². The largest absolute Gasteiger partial charge is 0.481 e. The van der Waals surface area contributed by atoms with E-state index in [-0.39, 0.29) is 24.7 Å². The first-order chi connectivity index (χ1) is 15.1. The van der Waals surface area contributed by atoms with E-state index in [0.717, 1.165) is 16.8 Å². The molecule has 2 aromatic rings. The number of nitrogens with zero attached hydrogens (tertiary/aromatic N) is 1. The van der Waals surface area contributed by atoms with Crippen molar-refractivity contribution in [3.05, 3.63) is 65.7 Å². The number of carboxylic acid groups (broad SMARTS) is 1. The highest BCUT2D eigenvalue weighted by Crippen LogP contribution is 2.25. The number of amides is 2. The zero-order valence-electron chi connectivity index (χ0n) is 19.2. The van der Waals surface area contributed by atoms with Crippen LogP contribution in [-0.2, 0) is 27.3 Å². The predicted molar refractivity (Wildman–Crippen MR) is 125 cm³/mol. The molecule has 0 aliphatic carbocycles. The maximum absolute atomic E-state index is 12.9. The van der Waals surface area contributed by atoms with E-state index >= 15 is 0 Å². The Hall–Kier alpha value is -3.35. The summed E-state index contributed by atoms with van der Waals surface area (Å²) in [6.07, 6.45) is 0.236. The molecule has 1 unspecified atom stereocenters. The third-order valence-corrected chi connectivity index (χ3v) is 5.12. The van der Waals surface area contributed by atoms with Gasteiger partial charge in [0.1, 0.15) is 6.04 Å². The molecule has 2 aromatic carbocycles. The SMILES string of the molecule is CN(C)c1ccc(CNC(=O)C(Cc2ccccc2)NC(=O)CC(C)(C)CC(=O)O)cc1. The number of hydrogen-bond acceptors (Lipinski definition) is 4. The van der Waals surface area contributed by atoms with Crippen molar-refractivity contribution in [1.82, 2.24) is 10.6 Å². The molecule has 0 aromatic heterocycles. The lowest BCUT2D eigenvalue weighted by atomic mass is 9.85. The zero-order valence-corrected chi connectivity index (χ0v) is 19.2. The number of anilines is 1. The number of nitrogens with one attached hydrogen (secondary N) is 2. The third-order valence-electron chi connectivity index (χ3n) is 5.12. The first-order valence-corrected chi connectivity index (χ1v) is 10.6. The van der Waals surface area contributed by atoms with Crippen molar-refractivity contribution in [1.29, 1.82) is 0 Å². The molecular weight excluding hydrogens is 406 g/mol. The first kappa shape index (κ1) is 24.9. The van der Waals surface area contributed by atoms with E-state index in [2.05, 4.69) is 10.6 Å². The normalized spacial score (nSPS) is 12.0. The molecule has 0 saturated carbocycles. The second-order valence-corrected chi connectivity index (χ2v) is 9.00. The summed E-state index contributed by atoms with van der Waals surface area (Å²) in [5.74, 6) is -1.58. The van der Waals surface area contributed by atoms with E-state index in [1.54, 1.807) is 13.8 Å². The quantitative estimate of drug-likeness (QED) is 0.500. The Morgan fingerprint density at radius 1 is 0.938 bits per heavy atom. The fourth-order valence-corrected chi connectivity index (χ4v) is 3.44. The maximum atomic E-state index is 12.9. The summed E-state index contributed by atoms with van der Waals surface area (Å²) in [7, 11) is 3.93. The number of rotatable bonds is 11. The van der Waals surface area contributed by atoms with Gasteiger partial charge in [0.25, 0.3) is 0 Å². The molecule has 172 valence electrons. The smallest absolute Gasteiger partial charge is 0.303 e. The molecule has 2 rings (SSSR count). The van der Waals surface area contributed by atoms with Crippen LogP contribution in [0.1, 0.15) is 37.8 Å². The fraction of sp³-hybridized carbons (Fsp3) is 0.400. The van der Waals surface area contributed by atoms with Gasteiger partial charge in [-0.3, -0.25) is 14.4 Å². The minimum atomic E-state index is -0.957. The van der Waals surface area contributed by atoms with Gasteiger partial charge in [-0.1, -0.05) is 56.3 Å². The molecule has 0 radical (unpaired) electrons. The summed E-state index contributed by atoms with van der Waals surface area (Å²) in [5, 5.41) is 14.8. The van der Waals surface area contributed by atoms with Gasteiger partial charge < -0.3 is 20.6 Å². The monoisotopic (exact) mass is 439 g/mol. The van der Waals surface area contributed by atoms with Gasteiger partial charge >= 0.3 is 5.97 Å². The van der Waals surface area contributed by atoms with Crippen molar-refractivity contribution >= 4 is 23.5 Å². The van der Waals surface area contributed by atoms with Gasteiger partial charge in [0.05, 0.1) is 6.42 Å². The van der Waals surface area contributed by atoms with Gasteiger partial charge in [-0.15, -0.1) is 0 Å². The van der Waals surface area contributed by atoms with Crippen molar-refractivity contribution in [3.63, 3.8) is 0 Å². The highest BCUT2D eigenvalue weighted by Gasteiger charge is 2.28. The van der Waals surface area contributed by atoms with Crippen molar-refractivity contribution in [2.75, 3.05) is 19.0 Å². The number of carbonyl (C=O) groups is 3. The van der Waals surface area contributed by atoms with Crippen LogP contribution < -0.4 is 15.5 Å². The molecule has 0 spiro atoms. The molecule has 0 aliphatic heterocycles. The van der Waals surface area contributed by atoms with E-state index in [0.29, 0.717) is 13.0 Å². The number of carbonyl (C=O) groups excluding carboxylic acids is 2. The van der Waals surface area contributed by atoms with Crippen LogP contribution in [-0.4, -0.2) is 43.0 Å². The molecule has 0 heterocycles. The number of aliphatic carboxylic acids is 1. The maximum Gasteiger partial charge on any atom is 0.303 e. The van der Waals surface area contributed by atoms with E-state index in [1.165, 1.54) is 0 Å². The fourth-order valence-electron chi connectivity index (χ4n) is 3.44. The summed E-state index contributed by atoms with van der Waals surface area (Å²) >= 11 is 0. The topological polar surface area (TPSA) is 98.7 Å². The van der Waals surface area contributed by atoms with Crippen LogP contribution in [0, 0.1) is 5.41 Å². The van der Waals surface area contributed by atoms with E-state index in [9.17, 15) is 14.4 Å². The molecule has 0 fully saturated rings. The third kappa shape index (κ3) is 8.41. The van der Waals surface area contributed by atoms with Crippen LogP contribution in [0.25, 0.3) is 0 Å². The summed E-state index contributed by atoms with van der Waals surface area (Å²) in [6.45, 7) is 3.80. The van der Waals surface area contributed by atoms with Crippen LogP contribution in [0.4, 0.5) is 5.69 Å². The van der Waals surface area contributed by atoms with Crippen molar-refractivity contribution in [2.45, 2.75) is 45.7 Å². The van der Waals surface area contributed by atoms with Crippen molar-refractivity contribution in [2.24, 2.45) is 5.41 Å². The molecule has 7 heteroatoms. The lowest BCUT2D eigenvalue weighted by Crippen LogP contribution is -2.48. The van der Waals surface area contributed by atoms with Crippen LogP contribution in [0.15, 0.2) is 54.6 Å². The summed E-state index contributed by atoms with van der Waals surface area (Å²) < 4.78 is 0. The van der Waals surface area contributed by atoms with Crippen LogP contribution in [0.2, 0.25) is 0 Å². The summed E-state index contributed by atoms with van der Waals surface area (Å²) in [5.41, 5.74) is 2.24. The molecule has 0 aliphatic rings. The Balaban J connectivity index is 2.05. The molecule has 3 N–H and O–H groups in total. The van der Waals surface area contributed by atoms with Crippen LogP contribution in [0.5, 0.6) is 0 Å². The number of hydrogen-bond donors (Lipinski definition) is 3. The Morgan fingerprint density at radius 2 is 1.56 bits per heavy atom.